The van der Waals surface area contributed by atoms with E-state index < -0.39 is 0 Å². The third kappa shape index (κ3) is 6.62. The van der Waals surface area contributed by atoms with E-state index in [2.05, 4.69) is 36.7 Å². The lowest BCUT2D eigenvalue weighted by Gasteiger charge is -2.21. The molecule has 0 aliphatic heterocycles. The number of nitrogens with one attached hydrogen (secondary N) is 3. The zero-order valence-electron chi connectivity index (χ0n) is 18.5. The highest BCUT2D eigenvalue weighted by atomic mass is 32.1. The molecule has 164 valence electrons. The highest BCUT2D eigenvalue weighted by molar-refractivity contribution is 7.80. The Morgan fingerprint density at radius 3 is 1.94 bits per heavy atom. The molecule has 1 aliphatic carbocycles. The topological polar surface area (TPSA) is 70.2 Å². The number of amides is 2. The van der Waals surface area contributed by atoms with Crippen LogP contribution >= 0.6 is 12.2 Å². The van der Waals surface area contributed by atoms with E-state index in [1.165, 1.54) is 12.0 Å². The van der Waals surface area contributed by atoms with Crippen LogP contribution in [0.3, 0.4) is 0 Å². The van der Waals surface area contributed by atoms with Crippen molar-refractivity contribution in [1.82, 2.24) is 5.32 Å². The molecule has 0 spiro atoms. The molecule has 2 aromatic carbocycles. The Hall–Kier alpha value is -2.73. The molecular formula is C25H31N3O2S. The van der Waals surface area contributed by atoms with E-state index in [1.807, 2.05) is 36.4 Å². The lowest BCUT2D eigenvalue weighted by atomic mass is 9.87. The van der Waals surface area contributed by atoms with Crippen LogP contribution in [0.2, 0.25) is 0 Å². The quantitative estimate of drug-likeness (QED) is 0.542. The van der Waals surface area contributed by atoms with Crippen LogP contribution < -0.4 is 16.0 Å². The van der Waals surface area contributed by atoms with Gasteiger partial charge in [0.1, 0.15) is 0 Å². The maximum Gasteiger partial charge on any atom is 0.255 e. The lowest BCUT2D eigenvalue weighted by Crippen LogP contribution is -2.38. The number of rotatable bonds is 4. The highest BCUT2D eigenvalue weighted by Crippen LogP contribution is 2.24. The van der Waals surface area contributed by atoms with E-state index in [4.69, 9.17) is 12.2 Å². The molecule has 0 saturated heterocycles. The molecule has 0 aromatic heterocycles. The van der Waals surface area contributed by atoms with E-state index in [1.54, 1.807) is 12.1 Å². The predicted octanol–water partition coefficient (Wildman–Crippen LogP) is 5.63. The molecule has 2 aromatic rings. The summed E-state index contributed by atoms with van der Waals surface area (Å²) in [7, 11) is 0. The van der Waals surface area contributed by atoms with Gasteiger partial charge in [0.05, 0.1) is 0 Å². The maximum atomic E-state index is 12.5. The summed E-state index contributed by atoms with van der Waals surface area (Å²) < 4.78 is 0. The number of hydrogen-bond donors (Lipinski definition) is 3. The van der Waals surface area contributed by atoms with Crippen molar-refractivity contribution in [2.75, 3.05) is 10.6 Å². The molecule has 0 unspecified atom stereocenters. The molecule has 1 fully saturated rings. The maximum absolute atomic E-state index is 12.5. The van der Waals surface area contributed by atoms with Crippen LogP contribution in [-0.2, 0) is 10.2 Å². The van der Waals surface area contributed by atoms with E-state index >= 15 is 0 Å². The van der Waals surface area contributed by atoms with Crippen molar-refractivity contribution in [1.29, 1.82) is 0 Å². The Balaban J connectivity index is 1.52. The molecule has 31 heavy (non-hydrogen) atoms. The van der Waals surface area contributed by atoms with E-state index in [0.717, 1.165) is 31.4 Å². The van der Waals surface area contributed by atoms with Crippen molar-refractivity contribution in [3.63, 3.8) is 0 Å². The first-order valence-electron chi connectivity index (χ1n) is 10.9. The zero-order chi connectivity index (χ0) is 22.4. The van der Waals surface area contributed by atoms with Crippen LogP contribution in [0.4, 0.5) is 11.4 Å². The summed E-state index contributed by atoms with van der Waals surface area (Å²) in [5, 5.41) is 9.02. The Morgan fingerprint density at radius 2 is 1.39 bits per heavy atom. The monoisotopic (exact) mass is 437 g/mol. The summed E-state index contributed by atoms with van der Waals surface area (Å²) >= 11 is 5.27. The number of carbonyl (C=O) groups excluding carboxylic acids is 2. The van der Waals surface area contributed by atoms with Crippen LogP contribution in [0.15, 0.2) is 48.5 Å². The van der Waals surface area contributed by atoms with Gasteiger partial charge in [-0.15, -0.1) is 0 Å². The number of benzene rings is 2. The van der Waals surface area contributed by atoms with Gasteiger partial charge in [0.15, 0.2) is 5.11 Å². The van der Waals surface area contributed by atoms with Gasteiger partial charge < -0.3 is 16.0 Å². The second kappa shape index (κ2) is 10.1. The van der Waals surface area contributed by atoms with E-state index in [0.29, 0.717) is 16.4 Å². The normalized spacial score (nSPS) is 14.5. The fraction of sp³-hybridized carbons (Fsp3) is 0.400. The Kier molecular flexibility index (Phi) is 7.44. The highest BCUT2D eigenvalue weighted by Gasteiger charge is 2.21. The second-order valence-electron chi connectivity index (χ2n) is 9.14. The molecule has 3 rings (SSSR count). The molecule has 1 saturated carbocycles. The lowest BCUT2D eigenvalue weighted by molar-refractivity contribution is -0.124. The SMILES string of the molecule is CC(C)(C)c1ccc(C(=O)Nc2ccc(NC(=S)NC(=O)C3CCCCC3)cc2)cc1. The van der Waals surface area contributed by atoms with Gasteiger partial charge >= 0.3 is 0 Å². The van der Waals surface area contributed by atoms with Gasteiger partial charge in [0.25, 0.3) is 5.91 Å². The van der Waals surface area contributed by atoms with Crippen LogP contribution in [0, 0.1) is 5.92 Å². The van der Waals surface area contributed by atoms with Crippen LogP contribution in [-0.4, -0.2) is 16.9 Å². The van der Waals surface area contributed by atoms with E-state index in [-0.39, 0.29) is 23.1 Å². The summed E-state index contributed by atoms with van der Waals surface area (Å²) in [5.41, 5.74) is 3.29. The van der Waals surface area contributed by atoms with Crippen molar-refractivity contribution >= 4 is 40.5 Å². The Morgan fingerprint density at radius 1 is 0.839 bits per heavy atom. The van der Waals surface area contributed by atoms with Crippen LogP contribution in [0.25, 0.3) is 0 Å². The summed E-state index contributed by atoms with van der Waals surface area (Å²) in [4.78, 5) is 24.8. The summed E-state index contributed by atoms with van der Waals surface area (Å²) in [5.74, 6) is -0.0986. The van der Waals surface area contributed by atoms with Gasteiger partial charge in [0, 0.05) is 22.9 Å². The summed E-state index contributed by atoms with van der Waals surface area (Å²) in [6, 6.07) is 14.9. The second-order valence-corrected chi connectivity index (χ2v) is 9.55. The molecule has 0 radical (unpaired) electrons. The first-order valence-corrected chi connectivity index (χ1v) is 11.3. The summed E-state index contributed by atoms with van der Waals surface area (Å²) in [6.45, 7) is 6.43. The third-order valence-corrected chi connectivity index (χ3v) is 5.83. The van der Waals surface area contributed by atoms with Gasteiger partial charge in [-0.1, -0.05) is 52.2 Å². The molecular weight excluding hydrogens is 406 g/mol. The van der Waals surface area contributed by atoms with Gasteiger partial charge in [-0.3, -0.25) is 9.59 Å². The molecule has 1 aliphatic rings. The number of carbonyl (C=O) groups is 2. The minimum Gasteiger partial charge on any atom is -0.332 e. The predicted molar refractivity (Wildman–Crippen MR) is 130 cm³/mol. The molecule has 0 heterocycles. The molecule has 0 bridgehead atoms. The Bertz CT molecular complexity index is 925. The van der Waals surface area contributed by atoms with Gasteiger partial charge in [0.2, 0.25) is 5.91 Å². The molecule has 6 heteroatoms. The van der Waals surface area contributed by atoms with Crippen molar-refractivity contribution in [3.05, 3.63) is 59.7 Å². The largest absolute Gasteiger partial charge is 0.332 e. The average molecular weight is 438 g/mol. The minimum atomic E-state index is -0.156. The first kappa shape index (κ1) is 22.9. The van der Waals surface area contributed by atoms with Crippen molar-refractivity contribution in [2.45, 2.75) is 58.3 Å². The van der Waals surface area contributed by atoms with Crippen molar-refractivity contribution in [2.24, 2.45) is 5.92 Å². The molecule has 3 N–H and O–H groups in total. The standard InChI is InChI=1S/C25H31N3O2S/c1-25(2,3)19-11-9-18(10-12-19)22(29)26-20-13-15-21(16-14-20)27-24(31)28-23(30)17-7-5-4-6-8-17/h9-17H,4-8H2,1-3H3,(H,26,29)(H2,27,28,30,31). The van der Waals surface area contributed by atoms with Crippen molar-refractivity contribution < 1.29 is 9.59 Å². The van der Waals surface area contributed by atoms with E-state index in [9.17, 15) is 9.59 Å². The molecule has 0 atom stereocenters. The Labute approximate surface area is 190 Å². The van der Waals surface area contributed by atoms with Gasteiger partial charge in [-0.2, -0.15) is 0 Å². The number of anilines is 2. The van der Waals surface area contributed by atoms with Crippen LogP contribution in [0.5, 0.6) is 0 Å². The fourth-order valence-electron chi connectivity index (χ4n) is 3.70. The average Bonchev–Trinajstić information content (AvgIpc) is 2.75. The third-order valence-electron chi connectivity index (χ3n) is 5.63. The smallest absolute Gasteiger partial charge is 0.255 e. The zero-order valence-corrected chi connectivity index (χ0v) is 19.3. The summed E-state index contributed by atoms with van der Waals surface area (Å²) in [6.07, 6.45) is 5.28. The molecule has 5 nitrogen and oxygen atoms in total. The minimum absolute atomic E-state index is 0.00133. The van der Waals surface area contributed by atoms with Crippen LogP contribution in [0.1, 0.15) is 68.8 Å². The van der Waals surface area contributed by atoms with Gasteiger partial charge in [-0.05, 0) is 72.4 Å². The first-order chi connectivity index (χ1) is 14.7. The van der Waals surface area contributed by atoms with Crippen molar-refractivity contribution in [3.8, 4) is 0 Å². The van der Waals surface area contributed by atoms with Gasteiger partial charge in [-0.25, -0.2) is 0 Å². The fourth-order valence-corrected chi connectivity index (χ4v) is 3.92. The molecule has 2 amide bonds. The number of hydrogen-bond acceptors (Lipinski definition) is 3. The number of thiocarbonyl (C=S) groups is 1.